The average Bonchev–Trinajstić information content (AvgIpc) is 2.45. The molecule has 0 radical (unpaired) electrons. The van der Waals surface area contributed by atoms with Crippen LogP contribution in [0.4, 0.5) is 0 Å². The molecule has 2 aliphatic rings. The Morgan fingerprint density at radius 2 is 2.00 bits per heavy atom. The number of fused-ring (bicyclic) bond motifs is 1. The van der Waals surface area contributed by atoms with Gasteiger partial charge in [-0.05, 0) is 46.1 Å². The van der Waals surface area contributed by atoms with Crippen molar-refractivity contribution in [2.75, 3.05) is 19.6 Å². The van der Waals surface area contributed by atoms with E-state index < -0.39 is 0 Å². The summed E-state index contributed by atoms with van der Waals surface area (Å²) in [4.78, 5) is 2.63. The van der Waals surface area contributed by atoms with Crippen molar-refractivity contribution in [2.45, 2.75) is 45.2 Å². The fraction of sp³-hybridized carbons (Fsp3) is 1.00. The van der Waals surface area contributed by atoms with Gasteiger partial charge in [0.15, 0.2) is 0 Å². The Hall–Kier alpha value is -0.0800. The molecule has 2 heteroatoms. The fourth-order valence-electron chi connectivity index (χ4n) is 2.59. The van der Waals surface area contributed by atoms with Crippen molar-refractivity contribution >= 4 is 0 Å². The molecule has 2 fully saturated rings. The van der Waals surface area contributed by atoms with Crippen molar-refractivity contribution in [1.82, 2.24) is 10.2 Å². The highest BCUT2D eigenvalue weighted by Gasteiger charge is 2.38. The van der Waals surface area contributed by atoms with Crippen molar-refractivity contribution < 1.29 is 0 Å². The standard InChI is InChI=1S/C11H22N2/c1-11(2,3)13-7-9-5-4-6-12-10(9)8-13/h9-10,12H,4-8H2,1-3H3/t9-,10-/m0/s1. The highest BCUT2D eigenvalue weighted by atomic mass is 15.2. The number of nitrogens with one attached hydrogen (secondary N) is 1. The molecule has 2 atom stereocenters. The lowest BCUT2D eigenvalue weighted by Gasteiger charge is -2.31. The van der Waals surface area contributed by atoms with E-state index in [2.05, 4.69) is 31.0 Å². The maximum absolute atomic E-state index is 3.64. The van der Waals surface area contributed by atoms with Crippen molar-refractivity contribution in [3.05, 3.63) is 0 Å². The zero-order valence-electron chi connectivity index (χ0n) is 9.14. The molecule has 13 heavy (non-hydrogen) atoms. The van der Waals surface area contributed by atoms with E-state index in [9.17, 15) is 0 Å². The van der Waals surface area contributed by atoms with Crippen LogP contribution >= 0.6 is 0 Å². The predicted molar refractivity (Wildman–Crippen MR) is 55.8 cm³/mol. The van der Waals surface area contributed by atoms with E-state index in [1.54, 1.807) is 0 Å². The lowest BCUT2D eigenvalue weighted by Crippen LogP contribution is -2.43. The molecule has 2 nitrogen and oxygen atoms in total. The summed E-state index contributed by atoms with van der Waals surface area (Å²) in [6.07, 6.45) is 2.81. The molecule has 0 amide bonds. The Morgan fingerprint density at radius 1 is 1.23 bits per heavy atom. The number of nitrogens with zero attached hydrogens (tertiary/aromatic N) is 1. The van der Waals surface area contributed by atoms with Gasteiger partial charge in [0.25, 0.3) is 0 Å². The second kappa shape index (κ2) is 3.25. The maximum atomic E-state index is 3.64. The summed E-state index contributed by atoms with van der Waals surface area (Å²) in [6.45, 7) is 10.8. The Balaban J connectivity index is 1.99. The maximum Gasteiger partial charge on any atom is 0.0235 e. The molecule has 0 saturated carbocycles. The SMILES string of the molecule is CC(C)(C)N1C[C@@H]2CCCN[C@H]2C1. The zero-order valence-corrected chi connectivity index (χ0v) is 9.14. The first-order valence-electron chi connectivity index (χ1n) is 5.56. The van der Waals surface area contributed by atoms with Gasteiger partial charge in [0.05, 0.1) is 0 Å². The van der Waals surface area contributed by atoms with Crippen LogP contribution in [0.3, 0.4) is 0 Å². The number of hydrogen-bond acceptors (Lipinski definition) is 2. The minimum atomic E-state index is 0.360. The third-order valence-corrected chi connectivity index (χ3v) is 3.55. The highest BCUT2D eigenvalue weighted by Crippen LogP contribution is 2.29. The van der Waals surface area contributed by atoms with Gasteiger partial charge in [-0.1, -0.05) is 0 Å². The molecule has 2 saturated heterocycles. The van der Waals surface area contributed by atoms with Crippen molar-refractivity contribution in [1.29, 1.82) is 0 Å². The molecule has 0 aromatic heterocycles. The molecular weight excluding hydrogens is 160 g/mol. The summed E-state index contributed by atoms with van der Waals surface area (Å²) in [7, 11) is 0. The van der Waals surface area contributed by atoms with Crippen LogP contribution in [-0.4, -0.2) is 36.1 Å². The fourth-order valence-corrected chi connectivity index (χ4v) is 2.59. The summed E-state index contributed by atoms with van der Waals surface area (Å²) in [5.41, 5.74) is 0.360. The van der Waals surface area contributed by atoms with Crippen LogP contribution in [0, 0.1) is 5.92 Å². The molecule has 0 unspecified atom stereocenters. The second-order valence-corrected chi connectivity index (χ2v) is 5.54. The molecule has 0 aromatic carbocycles. The topological polar surface area (TPSA) is 15.3 Å². The van der Waals surface area contributed by atoms with Crippen LogP contribution in [0.15, 0.2) is 0 Å². The van der Waals surface area contributed by atoms with Crippen molar-refractivity contribution in [3.8, 4) is 0 Å². The van der Waals surface area contributed by atoms with E-state index in [-0.39, 0.29) is 0 Å². The number of rotatable bonds is 0. The van der Waals surface area contributed by atoms with E-state index in [4.69, 9.17) is 0 Å². The van der Waals surface area contributed by atoms with Crippen LogP contribution in [0.25, 0.3) is 0 Å². The third-order valence-electron chi connectivity index (χ3n) is 3.55. The van der Waals surface area contributed by atoms with Crippen LogP contribution in [-0.2, 0) is 0 Å². The van der Waals surface area contributed by atoms with Crippen LogP contribution in [0.2, 0.25) is 0 Å². The van der Waals surface area contributed by atoms with Crippen molar-refractivity contribution in [3.63, 3.8) is 0 Å². The second-order valence-electron chi connectivity index (χ2n) is 5.54. The summed E-state index contributed by atoms with van der Waals surface area (Å²) >= 11 is 0. The van der Waals surface area contributed by atoms with Gasteiger partial charge in [0.2, 0.25) is 0 Å². The lowest BCUT2D eigenvalue weighted by molar-refractivity contribution is 0.167. The van der Waals surface area contributed by atoms with Gasteiger partial charge < -0.3 is 5.32 Å². The monoisotopic (exact) mass is 182 g/mol. The lowest BCUT2D eigenvalue weighted by atomic mass is 9.94. The summed E-state index contributed by atoms with van der Waals surface area (Å²) < 4.78 is 0. The Bertz CT molecular complexity index is 169. The average molecular weight is 182 g/mol. The van der Waals surface area contributed by atoms with Gasteiger partial charge in [0.1, 0.15) is 0 Å². The Labute approximate surface area is 81.7 Å². The highest BCUT2D eigenvalue weighted by molar-refractivity contribution is 4.95. The molecule has 1 N–H and O–H groups in total. The Morgan fingerprint density at radius 3 is 2.62 bits per heavy atom. The molecule has 0 spiro atoms. The molecule has 0 aliphatic carbocycles. The van der Waals surface area contributed by atoms with E-state index in [0.29, 0.717) is 5.54 Å². The van der Waals surface area contributed by atoms with Gasteiger partial charge in [-0.3, -0.25) is 4.90 Å². The van der Waals surface area contributed by atoms with E-state index in [1.807, 2.05) is 0 Å². The van der Waals surface area contributed by atoms with E-state index in [0.717, 1.165) is 12.0 Å². The quantitative estimate of drug-likeness (QED) is 0.610. The smallest absolute Gasteiger partial charge is 0.0235 e. The molecule has 0 aromatic rings. The molecule has 2 heterocycles. The van der Waals surface area contributed by atoms with Gasteiger partial charge in [-0.15, -0.1) is 0 Å². The summed E-state index contributed by atoms with van der Waals surface area (Å²) in [5.74, 6) is 0.924. The van der Waals surface area contributed by atoms with Gasteiger partial charge in [-0.25, -0.2) is 0 Å². The first kappa shape index (κ1) is 9.47. The molecule has 0 bridgehead atoms. The van der Waals surface area contributed by atoms with Gasteiger partial charge >= 0.3 is 0 Å². The minimum absolute atomic E-state index is 0.360. The Kier molecular flexibility index (Phi) is 2.37. The van der Waals surface area contributed by atoms with Crippen LogP contribution < -0.4 is 5.32 Å². The summed E-state index contributed by atoms with van der Waals surface area (Å²) in [6, 6.07) is 0.785. The minimum Gasteiger partial charge on any atom is -0.312 e. The first-order chi connectivity index (χ1) is 6.07. The van der Waals surface area contributed by atoms with E-state index >= 15 is 0 Å². The van der Waals surface area contributed by atoms with Crippen LogP contribution in [0.5, 0.6) is 0 Å². The van der Waals surface area contributed by atoms with Crippen LogP contribution in [0.1, 0.15) is 33.6 Å². The van der Waals surface area contributed by atoms with E-state index in [1.165, 1.54) is 32.5 Å². The molecule has 2 rings (SSSR count). The molecule has 76 valence electrons. The molecule has 2 aliphatic heterocycles. The largest absolute Gasteiger partial charge is 0.312 e. The van der Waals surface area contributed by atoms with Gasteiger partial charge in [-0.2, -0.15) is 0 Å². The zero-order chi connectivity index (χ0) is 9.47. The normalized spacial score (nSPS) is 36.2. The summed E-state index contributed by atoms with van der Waals surface area (Å²) in [5, 5.41) is 3.64. The predicted octanol–water partition coefficient (Wildman–Crippen LogP) is 1.47. The molecular formula is C11H22N2. The first-order valence-corrected chi connectivity index (χ1v) is 5.56. The third kappa shape index (κ3) is 1.89. The van der Waals surface area contributed by atoms with Crippen molar-refractivity contribution in [2.24, 2.45) is 5.92 Å². The number of hydrogen-bond donors (Lipinski definition) is 1. The number of piperidine rings is 1. The number of likely N-dealkylation sites (tertiary alicyclic amines) is 1. The van der Waals surface area contributed by atoms with Gasteiger partial charge in [0, 0.05) is 24.7 Å².